The van der Waals surface area contributed by atoms with E-state index in [9.17, 15) is 23.6 Å². The fourth-order valence-corrected chi connectivity index (χ4v) is 3.85. The fraction of sp³-hybridized carbons (Fsp3) is 0.333. The Morgan fingerprint density at radius 2 is 1.62 bits per heavy atom. The maximum atomic E-state index is 13.3. The van der Waals surface area contributed by atoms with Crippen LogP contribution in [0, 0.1) is 5.82 Å². The van der Waals surface area contributed by atoms with E-state index in [0.29, 0.717) is 23.1 Å². The van der Waals surface area contributed by atoms with Crippen LogP contribution in [0.1, 0.15) is 52.5 Å². The first-order valence-corrected chi connectivity index (χ1v) is 10.6. The van der Waals surface area contributed by atoms with Crippen molar-refractivity contribution in [2.75, 3.05) is 13.6 Å². The molecule has 1 aliphatic heterocycles. The second-order valence-electron chi connectivity index (χ2n) is 7.60. The Balaban J connectivity index is 1.68. The number of likely N-dealkylation sites (N-methyl/N-ethyl adjacent to an activating group) is 1. The molecule has 1 unspecified atom stereocenters. The summed E-state index contributed by atoms with van der Waals surface area (Å²) in [6.45, 7) is 2.07. The molecule has 1 heterocycles. The molecule has 168 valence electrons. The smallest absolute Gasteiger partial charge is 0.261 e. The van der Waals surface area contributed by atoms with Crippen LogP contribution in [-0.4, -0.2) is 53.1 Å². The highest BCUT2D eigenvalue weighted by molar-refractivity contribution is 6.21. The van der Waals surface area contributed by atoms with E-state index >= 15 is 0 Å². The number of imide groups is 1. The van der Waals surface area contributed by atoms with Crippen molar-refractivity contribution in [3.63, 3.8) is 0 Å². The van der Waals surface area contributed by atoms with Crippen molar-refractivity contribution >= 4 is 23.6 Å². The molecule has 2 aromatic carbocycles. The normalized spacial score (nSPS) is 13.7. The van der Waals surface area contributed by atoms with E-state index < -0.39 is 6.04 Å². The number of fused-ring (bicyclic) bond motifs is 1. The minimum absolute atomic E-state index is 0.0576. The predicted molar refractivity (Wildman–Crippen MR) is 116 cm³/mol. The molecule has 4 amide bonds. The van der Waals surface area contributed by atoms with Crippen LogP contribution in [-0.2, 0) is 16.1 Å². The van der Waals surface area contributed by atoms with Crippen molar-refractivity contribution in [2.24, 2.45) is 0 Å². The average molecular weight is 439 g/mol. The van der Waals surface area contributed by atoms with Gasteiger partial charge in [0.1, 0.15) is 11.9 Å². The van der Waals surface area contributed by atoms with Gasteiger partial charge in [0.15, 0.2) is 0 Å². The predicted octanol–water partition coefficient (Wildman–Crippen LogP) is 2.76. The molecule has 0 aliphatic carbocycles. The lowest BCUT2D eigenvalue weighted by atomic mass is 10.1. The van der Waals surface area contributed by atoms with Crippen molar-refractivity contribution in [1.82, 2.24) is 15.1 Å². The molecule has 0 aromatic heterocycles. The van der Waals surface area contributed by atoms with E-state index in [1.165, 1.54) is 24.1 Å². The molecule has 0 spiro atoms. The van der Waals surface area contributed by atoms with Crippen LogP contribution in [0.2, 0.25) is 0 Å². The molecule has 2 aromatic rings. The average Bonchev–Trinajstić information content (AvgIpc) is 3.05. The molecule has 1 atom stereocenters. The molecule has 0 bridgehead atoms. The van der Waals surface area contributed by atoms with Crippen LogP contribution in [0.15, 0.2) is 48.5 Å². The summed E-state index contributed by atoms with van der Waals surface area (Å²) in [6, 6.07) is 11.7. The number of halogens is 1. The zero-order valence-corrected chi connectivity index (χ0v) is 18.1. The minimum atomic E-state index is -0.683. The van der Waals surface area contributed by atoms with Crippen molar-refractivity contribution in [2.45, 2.75) is 38.8 Å². The van der Waals surface area contributed by atoms with Gasteiger partial charge in [0.25, 0.3) is 11.8 Å². The zero-order valence-electron chi connectivity index (χ0n) is 18.1. The Bertz CT molecular complexity index is 987. The maximum Gasteiger partial charge on any atom is 0.261 e. The molecule has 0 radical (unpaired) electrons. The monoisotopic (exact) mass is 439 g/mol. The summed E-state index contributed by atoms with van der Waals surface area (Å²) in [4.78, 5) is 53.0. The lowest BCUT2D eigenvalue weighted by Gasteiger charge is -2.30. The summed E-state index contributed by atoms with van der Waals surface area (Å²) in [5, 5.41) is 2.58. The Hall–Kier alpha value is -3.55. The number of amides is 4. The van der Waals surface area contributed by atoms with Crippen LogP contribution in [0.25, 0.3) is 0 Å². The van der Waals surface area contributed by atoms with Crippen molar-refractivity contribution in [3.05, 3.63) is 71.0 Å². The van der Waals surface area contributed by atoms with Crippen LogP contribution in [0.3, 0.4) is 0 Å². The number of nitrogens with zero attached hydrogens (tertiary/aromatic N) is 2. The van der Waals surface area contributed by atoms with Crippen molar-refractivity contribution in [1.29, 1.82) is 0 Å². The SMILES string of the molecule is CCC(C(=O)NC)N(Cc1ccc(F)cc1)C(=O)CCCN1C(=O)c2ccccc2C1=O. The largest absolute Gasteiger partial charge is 0.357 e. The first-order valence-electron chi connectivity index (χ1n) is 10.6. The molecule has 0 saturated heterocycles. The topological polar surface area (TPSA) is 86.8 Å². The van der Waals surface area contributed by atoms with Crippen molar-refractivity contribution < 1.29 is 23.6 Å². The summed E-state index contributed by atoms with van der Waals surface area (Å²) in [5.74, 6) is -1.67. The highest BCUT2D eigenvalue weighted by atomic mass is 19.1. The van der Waals surface area contributed by atoms with Gasteiger partial charge in [-0.2, -0.15) is 0 Å². The third-order valence-electron chi connectivity index (χ3n) is 5.55. The molecule has 32 heavy (non-hydrogen) atoms. The van der Waals surface area contributed by atoms with Gasteiger partial charge in [0.2, 0.25) is 11.8 Å². The van der Waals surface area contributed by atoms with E-state index in [2.05, 4.69) is 5.32 Å². The number of nitrogens with one attached hydrogen (secondary N) is 1. The second-order valence-corrected chi connectivity index (χ2v) is 7.60. The summed E-state index contributed by atoms with van der Waals surface area (Å²) in [6.07, 6.45) is 0.738. The van der Waals surface area contributed by atoms with Crippen molar-refractivity contribution in [3.8, 4) is 0 Å². The summed E-state index contributed by atoms with van der Waals surface area (Å²) < 4.78 is 13.3. The van der Waals surface area contributed by atoms with Crippen LogP contribution in [0.4, 0.5) is 4.39 Å². The standard InChI is InChI=1S/C24H26FN3O4/c1-3-20(22(30)26-2)28(15-16-10-12-17(25)13-11-16)21(29)9-6-14-27-23(31)18-7-4-5-8-19(18)24(27)32/h4-5,7-8,10-13,20H,3,6,9,14-15H2,1-2H3,(H,26,30). The molecule has 1 aliphatic rings. The number of carbonyl (C=O) groups is 4. The van der Waals surface area contributed by atoms with Crippen LogP contribution < -0.4 is 5.32 Å². The fourth-order valence-electron chi connectivity index (χ4n) is 3.85. The van der Waals surface area contributed by atoms with Crippen LogP contribution >= 0.6 is 0 Å². The van der Waals surface area contributed by atoms with Gasteiger partial charge >= 0.3 is 0 Å². The number of hydrogen-bond acceptors (Lipinski definition) is 4. The summed E-state index contributed by atoms with van der Waals surface area (Å²) in [5.41, 5.74) is 1.43. The van der Waals surface area contributed by atoms with Gasteiger partial charge in [-0.05, 0) is 42.7 Å². The number of hydrogen-bond donors (Lipinski definition) is 1. The number of benzene rings is 2. The molecule has 0 saturated carbocycles. The van der Waals surface area contributed by atoms with Gasteiger partial charge in [-0.3, -0.25) is 24.1 Å². The minimum Gasteiger partial charge on any atom is -0.357 e. The molecule has 0 fully saturated rings. The molecule has 7 nitrogen and oxygen atoms in total. The van der Waals surface area contributed by atoms with E-state index in [1.807, 2.05) is 6.92 Å². The molecule has 1 N–H and O–H groups in total. The van der Waals surface area contributed by atoms with Gasteiger partial charge in [0, 0.05) is 26.6 Å². The van der Waals surface area contributed by atoms with Gasteiger partial charge in [-0.25, -0.2) is 4.39 Å². The van der Waals surface area contributed by atoms with Gasteiger partial charge < -0.3 is 10.2 Å². The molecule has 3 rings (SSSR count). The Labute approximate surface area is 186 Å². The second kappa shape index (κ2) is 10.2. The van der Waals surface area contributed by atoms with Gasteiger partial charge in [-0.15, -0.1) is 0 Å². The lowest BCUT2D eigenvalue weighted by Crippen LogP contribution is -2.48. The van der Waals surface area contributed by atoms with Gasteiger partial charge in [-0.1, -0.05) is 31.2 Å². The summed E-state index contributed by atoms with van der Waals surface area (Å²) >= 11 is 0. The number of carbonyl (C=O) groups excluding carboxylic acids is 4. The van der Waals surface area contributed by atoms with Crippen LogP contribution in [0.5, 0.6) is 0 Å². The molecule has 8 heteroatoms. The van der Waals surface area contributed by atoms with E-state index in [4.69, 9.17) is 0 Å². The highest BCUT2D eigenvalue weighted by Gasteiger charge is 2.35. The maximum absolute atomic E-state index is 13.3. The Morgan fingerprint density at radius 1 is 1.03 bits per heavy atom. The van der Waals surface area contributed by atoms with E-state index in [1.54, 1.807) is 36.4 Å². The number of rotatable bonds is 9. The third kappa shape index (κ3) is 4.85. The Morgan fingerprint density at radius 3 is 2.16 bits per heavy atom. The van der Waals surface area contributed by atoms with E-state index in [0.717, 1.165) is 4.90 Å². The first-order chi connectivity index (χ1) is 15.4. The first kappa shape index (κ1) is 23.1. The highest BCUT2D eigenvalue weighted by Crippen LogP contribution is 2.23. The zero-order chi connectivity index (χ0) is 23.3. The van der Waals surface area contributed by atoms with Gasteiger partial charge in [0.05, 0.1) is 11.1 Å². The lowest BCUT2D eigenvalue weighted by molar-refractivity contribution is -0.141. The third-order valence-corrected chi connectivity index (χ3v) is 5.55. The quantitative estimate of drug-likeness (QED) is 0.609. The summed E-state index contributed by atoms with van der Waals surface area (Å²) in [7, 11) is 1.51. The Kier molecular flexibility index (Phi) is 7.35. The molecular weight excluding hydrogens is 413 g/mol. The van der Waals surface area contributed by atoms with E-state index in [-0.39, 0.29) is 55.4 Å². The molecular formula is C24H26FN3O4.